The van der Waals surface area contributed by atoms with E-state index in [9.17, 15) is 0 Å². The molecule has 0 bridgehead atoms. The number of aliphatic imine (C=N–C) groups is 1. The maximum atomic E-state index is 5.44. The summed E-state index contributed by atoms with van der Waals surface area (Å²) in [5, 5.41) is 2.92. The molecule has 1 fully saturated rings. The van der Waals surface area contributed by atoms with Gasteiger partial charge in [-0.05, 0) is 12.8 Å². The number of hydrogen-bond donors (Lipinski definition) is 2. The smallest absolute Gasteiger partial charge is 0.188 e. The van der Waals surface area contributed by atoms with E-state index < -0.39 is 0 Å². The molecule has 1 aliphatic heterocycles. The molecule has 1 heterocycles. The van der Waals surface area contributed by atoms with Crippen LogP contribution in [0, 0.1) is 0 Å². The average molecular weight is 201 g/mol. The van der Waals surface area contributed by atoms with Crippen molar-refractivity contribution in [2.24, 2.45) is 10.7 Å². The molecule has 0 amide bonds. The van der Waals surface area contributed by atoms with Crippen LogP contribution in [-0.4, -0.2) is 45.5 Å². The Kier molecular flexibility index (Phi) is 5.32. The maximum Gasteiger partial charge on any atom is 0.188 e. The normalized spacial score (nSPS) is 22.6. The lowest BCUT2D eigenvalue weighted by molar-refractivity contribution is 0.0191. The Morgan fingerprint density at radius 3 is 3.21 bits per heavy atom. The van der Waals surface area contributed by atoms with Crippen LogP contribution in [0.1, 0.15) is 12.8 Å². The summed E-state index contributed by atoms with van der Waals surface area (Å²) in [6, 6.07) is 0. The third-order valence-electron chi connectivity index (χ3n) is 2.12. The SMILES string of the molecule is CN=C(N)NCCOCC1CCCO1. The minimum atomic E-state index is 0.298. The minimum Gasteiger partial charge on any atom is -0.377 e. The molecule has 1 aliphatic rings. The van der Waals surface area contributed by atoms with Gasteiger partial charge in [0.1, 0.15) is 0 Å². The highest BCUT2D eigenvalue weighted by atomic mass is 16.5. The molecule has 82 valence electrons. The van der Waals surface area contributed by atoms with Crippen molar-refractivity contribution in [3.05, 3.63) is 0 Å². The van der Waals surface area contributed by atoms with Gasteiger partial charge in [0, 0.05) is 20.2 Å². The third-order valence-corrected chi connectivity index (χ3v) is 2.12. The highest BCUT2D eigenvalue weighted by molar-refractivity contribution is 5.77. The summed E-state index contributed by atoms with van der Waals surface area (Å²) in [6.07, 6.45) is 2.57. The third kappa shape index (κ3) is 4.43. The molecule has 0 radical (unpaired) electrons. The largest absolute Gasteiger partial charge is 0.377 e. The van der Waals surface area contributed by atoms with Gasteiger partial charge < -0.3 is 20.5 Å². The number of ether oxygens (including phenoxy) is 2. The molecule has 1 saturated heterocycles. The summed E-state index contributed by atoms with van der Waals surface area (Å²) >= 11 is 0. The fourth-order valence-corrected chi connectivity index (χ4v) is 1.32. The van der Waals surface area contributed by atoms with Crippen molar-refractivity contribution in [1.82, 2.24) is 5.32 Å². The topological polar surface area (TPSA) is 68.9 Å². The number of hydrogen-bond acceptors (Lipinski definition) is 3. The molecular weight excluding hydrogens is 182 g/mol. The summed E-state index contributed by atoms with van der Waals surface area (Å²) in [6.45, 7) is 2.89. The molecule has 0 spiro atoms. The van der Waals surface area contributed by atoms with Crippen LogP contribution in [0.2, 0.25) is 0 Å². The lowest BCUT2D eigenvalue weighted by atomic mass is 10.2. The van der Waals surface area contributed by atoms with Gasteiger partial charge in [-0.3, -0.25) is 4.99 Å². The molecule has 0 aromatic rings. The van der Waals surface area contributed by atoms with Crippen molar-refractivity contribution in [2.75, 3.05) is 33.4 Å². The monoisotopic (exact) mass is 201 g/mol. The van der Waals surface area contributed by atoms with Crippen molar-refractivity contribution < 1.29 is 9.47 Å². The number of nitrogens with two attached hydrogens (primary N) is 1. The first kappa shape index (κ1) is 11.3. The summed E-state index contributed by atoms with van der Waals surface area (Å²) < 4.78 is 10.8. The number of nitrogens with zero attached hydrogens (tertiary/aromatic N) is 1. The summed E-state index contributed by atoms with van der Waals surface area (Å²) in [5.74, 6) is 0.450. The van der Waals surface area contributed by atoms with Crippen LogP contribution in [0.4, 0.5) is 0 Å². The van der Waals surface area contributed by atoms with E-state index in [-0.39, 0.29) is 0 Å². The number of guanidine groups is 1. The van der Waals surface area contributed by atoms with E-state index in [1.54, 1.807) is 7.05 Å². The molecule has 0 aromatic carbocycles. The van der Waals surface area contributed by atoms with Crippen LogP contribution in [0.5, 0.6) is 0 Å². The zero-order valence-corrected chi connectivity index (χ0v) is 8.66. The van der Waals surface area contributed by atoms with Crippen LogP contribution in [0.25, 0.3) is 0 Å². The van der Waals surface area contributed by atoms with Gasteiger partial charge in [0.15, 0.2) is 5.96 Å². The lowest BCUT2D eigenvalue weighted by Gasteiger charge is -2.10. The maximum absolute atomic E-state index is 5.44. The van der Waals surface area contributed by atoms with Gasteiger partial charge in [0.25, 0.3) is 0 Å². The molecule has 14 heavy (non-hydrogen) atoms. The average Bonchev–Trinajstić information content (AvgIpc) is 2.69. The van der Waals surface area contributed by atoms with Crippen molar-refractivity contribution in [3.8, 4) is 0 Å². The summed E-state index contributed by atoms with van der Waals surface area (Å²) in [5.41, 5.74) is 5.44. The predicted molar refractivity (Wildman–Crippen MR) is 55.3 cm³/mol. The van der Waals surface area contributed by atoms with E-state index in [1.807, 2.05) is 0 Å². The van der Waals surface area contributed by atoms with Crippen LogP contribution in [-0.2, 0) is 9.47 Å². The fourth-order valence-electron chi connectivity index (χ4n) is 1.32. The van der Waals surface area contributed by atoms with E-state index in [0.717, 1.165) is 19.4 Å². The van der Waals surface area contributed by atoms with Gasteiger partial charge in [-0.1, -0.05) is 0 Å². The Hall–Kier alpha value is -0.810. The van der Waals surface area contributed by atoms with Crippen LogP contribution < -0.4 is 11.1 Å². The van der Waals surface area contributed by atoms with Gasteiger partial charge in [-0.2, -0.15) is 0 Å². The zero-order valence-electron chi connectivity index (χ0n) is 8.66. The molecule has 1 unspecified atom stereocenters. The van der Waals surface area contributed by atoms with Gasteiger partial charge in [0.2, 0.25) is 0 Å². The second-order valence-corrected chi connectivity index (χ2v) is 3.25. The number of nitrogens with one attached hydrogen (secondary N) is 1. The molecule has 3 N–H and O–H groups in total. The van der Waals surface area contributed by atoms with Crippen molar-refractivity contribution >= 4 is 5.96 Å². The first-order chi connectivity index (χ1) is 6.83. The zero-order chi connectivity index (χ0) is 10.2. The Balaban J connectivity index is 1.89. The molecule has 5 heteroatoms. The van der Waals surface area contributed by atoms with Crippen LogP contribution in [0.3, 0.4) is 0 Å². The van der Waals surface area contributed by atoms with Crippen molar-refractivity contribution in [3.63, 3.8) is 0 Å². The Labute approximate surface area is 84.7 Å². The van der Waals surface area contributed by atoms with Gasteiger partial charge in [0.05, 0.1) is 19.3 Å². The van der Waals surface area contributed by atoms with Crippen molar-refractivity contribution in [2.45, 2.75) is 18.9 Å². The molecule has 0 saturated carbocycles. The second-order valence-electron chi connectivity index (χ2n) is 3.25. The molecule has 0 aromatic heterocycles. The van der Waals surface area contributed by atoms with E-state index in [1.165, 1.54) is 0 Å². The second kappa shape index (κ2) is 6.62. The highest BCUT2D eigenvalue weighted by Crippen LogP contribution is 2.11. The van der Waals surface area contributed by atoms with E-state index >= 15 is 0 Å². The first-order valence-corrected chi connectivity index (χ1v) is 4.98. The molecule has 5 nitrogen and oxygen atoms in total. The molecular formula is C9H19N3O2. The fraction of sp³-hybridized carbons (Fsp3) is 0.889. The molecule has 1 atom stereocenters. The first-order valence-electron chi connectivity index (χ1n) is 4.98. The summed E-state index contributed by atoms with van der Waals surface area (Å²) in [4.78, 5) is 3.77. The lowest BCUT2D eigenvalue weighted by Crippen LogP contribution is -2.34. The van der Waals surface area contributed by atoms with Crippen LogP contribution >= 0.6 is 0 Å². The number of rotatable bonds is 5. The van der Waals surface area contributed by atoms with Gasteiger partial charge >= 0.3 is 0 Å². The minimum absolute atomic E-state index is 0.298. The Morgan fingerprint density at radius 1 is 1.71 bits per heavy atom. The van der Waals surface area contributed by atoms with E-state index in [2.05, 4.69) is 10.3 Å². The van der Waals surface area contributed by atoms with Gasteiger partial charge in [-0.15, -0.1) is 0 Å². The molecule has 1 rings (SSSR count). The van der Waals surface area contributed by atoms with Crippen molar-refractivity contribution in [1.29, 1.82) is 0 Å². The molecule has 0 aliphatic carbocycles. The van der Waals surface area contributed by atoms with Gasteiger partial charge in [-0.25, -0.2) is 0 Å². The van der Waals surface area contributed by atoms with Crippen LogP contribution in [0.15, 0.2) is 4.99 Å². The Bertz CT molecular complexity index is 179. The predicted octanol–water partition coefficient (Wildman–Crippen LogP) is -0.284. The standard InChI is InChI=1S/C9H19N3O2/c1-11-9(10)12-4-6-13-7-8-3-2-5-14-8/h8H,2-7H2,1H3,(H3,10,11,12). The highest BCUT2D eigenvalue weighted by Gasteiger charge is 2.14. The van der Waals surface area contributed by atoms with E-state index in [4.69, 9.17) is 15.2 Å². The Morgan fingerprint density at radius 2 is 2.57 bits per heavy atom. The summed E-state index contributed by atoms with van der Waals surface area (Å²) in [7, 11) is 1.65. The quantitative estimate of drug-likeness (QED) is 0.364. The van der Waals surface area contributed by atoms with E-state index in [0.29, 0.717) is 31.8 Å².